The molecule has 6 atom stereocenters. The highest BCUT2D eigenvalue weighted by molar-refractivity contribution is 8.01. The molecule has 0 amide bonds. The molecule has 0 aromatic heterocycles. The Bertz CT molecular complexity index is 2590. The van der Waals surface area contributed by atoms with Gasteiger partial charge in [0.1, 0.15) is 79.3 Å². The van der Waals surface area contributed by atoms with E-state index in [1.54, 1.807) is 41.5 Å². The van der Waals surface area contributed by atoms with Crippen LogP contribution in [0.5, 0.6) is 0 Å². The molecule has 0 aliphatic carbocycles. The van der Waals surface area contributed by atoms with Crippen LogP contribution in [-0.2, 0) is 114 Å². The average Bonchev–Trinajstić information content (AvgIpc) is 0.911. The number of nitrogens with zero attached hydrogens (tertiary/aromatic N) is 4. The van der Waals surface area contributed by atoms with E-state index in [2.05, 4.69) is 82.9 Å². The van der Waals surface area contributed by atoms with Gasteiger partial charge in [0.05, 0.1) is 70.0 Å². The Morgan fingerprint density at radius 3 is 0.468 bits per heavy atom. The number of esters is 12. The van der Waals surface area contributed by atoms with Crippen LogP contribution in [0, 0.1) is 0 Å². The molecule has 0 bridgehead atoms. The summed E-state index contributed by atoms with van der Waals surface area (Å²) in [6, 6.07) is 0. The minimum atomic E-state index is -0.602. The summed E-state index contributed by atoms with van der Waals surface area (Å²) in [5, 5.41) is -2.74. The van der Waals surface area contributed by atoms with Crippen molar-refractivity contribution in [3.63, 3.8) is 0 Å². The molecular formula is C90H150N4O24S6. The van der Waals surface area contributed by atoms with Gasteiger partial charge in [-0.2, -0.15) is 0 Å². The Kier molecular flexibility index (Phi) is 78.7. The van der Waals surface area contributed by atoms with E-state index in [9.17, 15) is 57.5 Å². The molecule has 0 radical (unpaired) electrons. The standard InChI is InChI=1S/C90H150N4O24S6/c1-13-19-25-31-67-119-73(7)85(101)113-61-55-107-79(95)37-43-91(44-38-80(96)108-56-62-114-86(102)74(8)120-68-32-26-20-14-2)49-52-94(53-50-92(45-39-81(97)109-57-63-115-87(103)75(9)121-69-33-27-21-15-3)46-40-82(98)110-58-64-116-88(104)76(10)122-70-34-28-22-16-4)54-51-93(47-41-83(99)111-59-65-117-89(105)77(11)123-71-35-29-23-17-5)48-42-84(100)112-60-66-118-90(106)78(12)124-72-36-30-24-18-6/h25-36,73-78H,13-24,37-72H2,1-12H3/b31-25-,32-26-,33-27-,34-28-,35-29-,36-30-. The van der Waals surface area contributed by atoms with Crippen molar-refractivity contribution in [3.05, 3.63) is 72.9 Å². The van der Waals surface area contributed by atoms with Crippen LogP contribution in [0.4, 0.5) is 0 Å². The van der Waals surface area contributed by atoms with Gasteiger partial charge in [-0.15, -0.1) is 70.6 Å². The predicted molar refractivity (Wildman–Crippen MR) is 501 cm³/mol. The molecule has 28 nitrogen and oxygen atoms in total. The lowest BCUT2D eigenvalue weighted by Gasteiger charge is -2.32. The van der Waals surface area contributed by atoms with E-state index in [0.29, 0.717) is 34.5 Å². The van der Waals surface area contributed by atoms with Crippen LogP contribution in [0.1, 0.15) is 199 Å². The van der Waals surface area contributed by atoms with Gasteiger partial charge in [-0.25, -0.2) is 0 Å². The molecule has 6 unspecified atom stereocenters. The first-order chi connectivity index (χ1) is 59.8. The number of unbranched alkanes of at least 4 members (excludes halogenated alkanes) is 6. The highest BCUT2D eigenvalue weighted by Crippen LogP contribution is 2.19. The first kappa shape index (κ1) is 118. The number of carbonyl (C=O) groups is 12. The minimum absolute atomic E-state index is 0.0795. The van der Waals surface area contributed by atoms with Crippen molar-refractivity contribution in [1.82, 2.24) is 19.6 Å². The molecule has 0 aromatic carbocycles. The molecule has 0 aliphatic heterocycles. The molecule has 0 spiro atoms. The third-order valence-electron chi connectivity index (χ3n) is 17.9. The van der Waals surface area contributed by atoms with E-state index in [0.717, 1.165) is 77.0 Å². The maximum atomic E-state index is 13.5. The summed E-state index contributed by atoms with van der Waals surface area (Å²) >= 11 is 8.54. The first-order valence-electron chi connectivity index (χ1n) is 44.3. The highest BCUT2D eigenvalue weighted by Gasteiger charge is 2.24. The number of thioether (sulfide) groups is 6. The van der Waals surface area contributed by atoms with Crippen molar-refractivity contribution >= 4 is 142 Å². The first-order valence-corrected chi connectivity index (χ1v) is 50.6. The summed E-state index contributed by atoms with van der Waals surface area (Å²) in [5.74, 6) is -2.50. The summed E-state index contributed by atoms with van der Waals surface area (Å²) in [4.78, 5) is 166. The predicted octanol–water partition coefficient (Wildman–Crippen LogP) is 13.9. The number of rotatable bonds is 81. The zero-order valence-corrected chi connectivity index (χ0v) is 81.3. The Morgan fingerprint density at radius 1 is 0.202 bits per heavy atom. The summed E-state index contributed by atoms with van der Waals surface area (Å²) in [6.45, 7) is 22.6. The maximum absolute atomic E-state index is 13.5. The van der Waals surface area contributed by atoms with E-state index >= 15 is 0 Å². The zero-order valence-electron chi connectivity index (χ0n) is 76.4. The van der Waals surface area contributed by atoms with E-state index in [4.69, 9.17) is 56.8 Å². The second-order valence-corrected chi connectivity index (χ2v) is 36.9. The fraction of sp³-hybridized carbons (Fsp3) is 0.733. The average molecular weight is 1860 g/mol. The van der Waals surface area contributed by atoms with Crippen LogP contribution in [0.3, 0.4) is 0 Å². The number of hydrogen-bond acceptors (Lipinski definition) is 34. The molecule has 0 aliphatic rings. The van der Waals surface area contributed by atoms with Gasteiger partial charge in [0.2, 0.25) is 0 Å². The Balaban J connectivity index is 7.52. The molecular weight excluding hydrogens is 1710 g/mol. The molecule has 0 saturated carbocycles. The van der Waals surface area contributed by atoms with Crippen LogP contribution in [-0.4, -0.2) is 315 Å². The quantitative estimate of drug-likeness (QED) is 0.0236. The summed E-state index contributed by atoms with van der Waals surface area (Å²) in [7, 11) is 0. The number of carbonyl (C=O) groups excluding carboxylic acids is 12. The molecule has 710 valence electrons. The van der Waals surface area contributed by atoms with Gasteiger partial charge in [0.25, 0.3) is 0 Å². The summed E-state index contributed by atoms with van der Waals surface area (Å²) in [6.07, 6.45) is 35.2. The van der Waals surface area contributed by atoms with Crippen LogP contribution in [0.15, 0.2) is 72.9 Å². The minimum Gasteiger partial charge on any atom is -0.462 e. The van der Waals surface area contributed by atoms with Crippen LogP contribution in [0.25, 0.3) is 0 Å². The van der Waals surface area contributed by atoms with Gasteiger partial charge in [0, 0.05) is 113 Å². The largest absolute Gasteiger partial charge is 0.462 e. The van der Waals surface area contributed by atoms with Gasteiger partial charge in [-0.1, -0.05) is 153 Å². The van der Waals surface area contributed by atoms with Gasteiger partial charge >= 0.3 is 71.6 Å². The van der Waals surface area contributed by atoms with E-state index in [1.165, 1.54) is 70.6 Å². The van der Waals surface area contributed by atoms with Gasteiger partial charge in [-0.3, -0.25) is 62.4 Å². The lowest BCUT2D eigenvalue weighted by molar-refractivity contribution is -0.152. The fourth-order valence-electron chi connectivity index (χ4n) is 10.3. The lowest BCUT2D eigenvalue weighted by Crippen LogP contribution is -2.45. The summed E-state index contributed by atoms with van der Waals surface area (Å²) < 4.78 is 65.9. The van der Waals surface area contributed by atoms with Crippen LogP contribution in [0.2, 0.25) is 0 Å². The second kappa shape index (κ2) is 82.7. The van der Waals surface area contributed by atoms with E-state index in [1.807, 2.05) is 51.2 Å². The number of allylic oxidation sites excluding steroid dienone is 6. The highest BCUT2D eigenvalue weighted by atomic mass is 32.2. The maximum Gasteiger partial charge on any atom is 0.318 e. The summed E-state index contributed by atoms with van der Waals surface area (Å²) in [5.41, 5.74) is 0. The topological polar surface area (TPSA) is 329 Å². The molecule has 34 heteroatoms. The molecule has 124 heavy (non-hydrogen) atoms. The molecule has 0 rings (SSSR count). The van der Waals surface area contributed by atoms with Crippen LogP contribution >= 0.6 is 70.6 Å². The third kappa shape index (κ3) is 71.0. The molecule has 0 N–H and O–H groups in total. The Hall–Kier alpha value is -5.98. The van der Waals surface area contributed by atoms with Gasteiger partial charge in [-0.05, 0) is 80.1 Å². The van der Waals surface area contributed by atoms with Crippen molar-refractivity contribution < 1.29 is 114 Å². The van der Waals surface area contributed by atoms with Crippen LogP contribution < -0.4 is 0 Å². The third-order valence-corrected chi connectivity index (χ3v) is 24.4. The monoisotopic (exact) mass is 1860 g/mol. The van der Waals surface area contributed by atoms with E-state index < -0.39 is 103 Å². The Labute approximate surface area is 766 Å². The fourth-order valence-corrected chi connectivity index (χ4v) is 14.8. The molecule has 0 heterocycles. The number of ether oxygens (including phenoxy) is 12. The second-order valence-electron chi connectivity index (χ2n) is 28.6. The van der Waals surface area contributed by atoms with Crippen molar-refractivity contribution in [2.75, 3.05) is 192 Å². The lowest BCUT2D eigenvalue weighted by atomic mass is 10.2. The number of hydrogen-bond donors (Lipinski definition) is 0. The van der Waals surface area contributed by atoms with E-state index in [-0.39, 0.29) is 196 Å². The van der Waals surface area contributed by atoms with Crippen molar-refractivity contribution in [1.29, 1.82) is 0 Å². The zero-order chi connectivity index (χ0) is 91.9. The molecule has 0 fully saturated rings. The van der Waals surface area contributed by atoms with Gasteiger partial charge in [0.15, 0.2) is 0 Å². The normalized spacial score (nSPS) is 13.3. The van der Waals surface area contributed by atoms with Crippen molar-refractivity contribution in [2.24, 2.45) is 0 Å². The smallest absolute Gasteiger partial charge is 0.318 e. The molecule has 0 aromatic rings. The van der Waals surface area contributed by atoms with Crippen molar-refractivity contribution in [2.45, 2.75) is 230 Å². The van der Waals surface area contributed by atoms with Crippen molar-refractivity contribution in [3.8, 4) is 0 Å². The molecule has 0 saturated heterocycles. The SMILES string of the molecule is CCC/C=C\CSC(C)C(=O)OCCOC(=O)CCN(CCC(=O)OCCOC(=O)C(C)SC/C=C\CCC)CCN(CCN(CCC(=O)OCCOC(=O)C(C)SC/C=C\CCC)CCC(=O)OCCOC(=O)C(C)SC/C=C\CCC)CCN(CCC(=O)OCCOC(=O)C(C)SC/C=C\CCC)CCC(=O)OCCOC(=O)C(C)SC/C=C\CCC. The Morgan fingerprint density at radius 2 is 0.331 bits per heavy atom. The van der Waals surface area contributed by atoms with Gasteiger partial charge < -0.3 is 71.5 Å².